The molecule has 0 aliphatic rings. The third kappa shape index (κ3) is 5.62. The highest BCUT2D eigenvalue weighted by atomic mass is 35.5. The van der Waals surface area contributed by atoms with Crippen LogP contribution in [0.4, 0.5) is 0 Å². The molecule has 6 heteroatoms. The minimum atomic E-state index is -1.85. The first-order chi connectivity index (χ1) is 13.5. The number of methoxy groups -OCH3 is 1. The highest BCUT2D eigenvalue weighted by Gasteiger charge is 2.37. The van der Waals surface area contributed by atoms with E-state index in [-0.39, 0.29) is 5.04 Å². The van der Waals surface area contributed by atoms with E-state index in [1.54, 1.807) is 19.4 Å². The summed E-state index contributed by atoms with van der Waals surface area (Å²) in [4.78, 5) is 4.40. The van der Waals surface area contributed by atoms with E-state index in [4.69, 9.17) is 25.5 Å². The SMILES string of the molecule is C=C(CO[Si](C)(C)C(C)(C)C)c1cncc(-c2cc(OCC)c(OC)cc2Cl)c1. The zero-order valence-electron chi connectivity index (χ0n) is 18.6. The van der Waals surface area contributed by atoms with Gasteiger partial charge in [-0.3, -0.25) is 4.98 Å². The van der Waals surface area contributed by atoms with Crippen molar-refractivity contribution < 1.29 is 13.9 Å². The quantitative estimate of drug-likeness (QED) is 0.427. The van der Waals surface area contributed by atoms with Crippen LogP contribution in [0.3, 0.4) is 0 Å². The number of rotatable bonds is 8. The number of nitrogens with zero attached hydrogens (tertiary/aromatic N) is 1. The topological polar surface area (TPSA) is 40.6 Å². The molecule has 0 radical (unpaired) electrons. The number of benzene rings is 1. The molecule has 0 spiro atoms. The molecule has 0 bridgehead atoms. The molecule has 0 saturated heterocycles. The molecule has 0 atom stereocenters. The van der Waals surface area contributed by atoms with Crippen LogP contribution in [0.15, 0.2) is 37.2 Å². The van der Waals surface area contributed by atoms with Gasteiger partial charge in [-0.2, -0.15) is 0 Å². The summed E-state index contributed by atoms with van der Waals surface area (Å²) in [6.07, 6.45) is 3.59. The third-order valence-electron chi connectivity index (χ3n) is 5.42. The van der Waals surface area contributed by atoms with Crippen molar-refractivity contribution in [1.82, 2.24) is 4.98 Å². The second-order valence-corrected chi connectivity index (χ2v) is 13.7. The Morgan fingerprint density at radius 3 is 2.41 bits per heavy atom. The molecule has 158 valence electrons. The fourth-order valence-electron chi connectivity index (χ4n) is 2.53. The van der Waals surface area contributed by atoms with E-state index < -0.39 is 8.32 Å². The van der Waals surface area contributed by atoms with Crippen molar-refractivity contribution in [2.75, 3.05) is 20.3 Å². The first-order valence-electron chi connectivity index (χ1n) is 9.78. The Kier molecular flexibility index (Phi) is 7.54. The number of halogens is 1. The number of hydrogen-bond donors (Lipinski definition) is 0. The molecule has 1 aromatic carbocycles. The smallest absolute Gasteiger partial charge is 0.192 e. The van der Waals surface area contributed by atoms with Crippen molar-refractivity contribution in [2.24, 2.45) is 0 Å². The fraction of sp³-hybridized carbons (Fsp3) is 0.435. The molecular weight excluding hydrogens is 402 g/mol. The van der Waals surface area contributed by atoms with Gasteiger partial charge in [0.15, 0.2) is 19.8 Å². The highest BCUT2D eigenvalue weighted by molar-refractivity contribution is 6.74. The summed E-state index contributed by atoms with van der Waals surface area (Å²) in [6.45, 7) is 18.3. The third-order valence-corrected chi connectivity index (χ3v) is 10.2. The summed E-state index contributed by atoms with van der Waals surface area (Å²) >= 11 is 6.51. The highest BCUT2D eigenvalue weighted by Crippen LogP contribution is 2.39. The molecule has 0 amide bonds. The van der Waals surface area contributed by atoms with Crippen LogP contribution >= 0.6 is 11.6 Å². The van der Waals surface area contributed by atoms with E-state index in [0.29, 0.717) is 29.7 Å². The molecule has 0 aliphatic heterocycles. The maximum absolute atomic E-state index is 6.51. The van der Waals surface area contributed by atoms with Crippen LogP contribution in [0, 0.1) is 0 Å². The number of pyridine rings is 1. The van der Waals surface area contributed by atoms with Crippen LogP contribution in [0.2, 0.25) is 23.2 Å². The predicted molar refractivity (Wildman–Crippen MR) is 125 cm³/mol. The number of aromatic nitrogens is 1. The fourth-order valence-corrected chi connectivity index (χ4v) is 3.76. The van der Waals surface area contributed by atoms with E-state index in [9.17, 15) is 0 Å². The molecule has 0 fully saturated rings. The van der Waals surface area contributed by atoms with Gasteiger partial charge in [0.05, 0.1) is 25.3 Å². The minimum Gasteiger partial charge on any atom is -0.493 e. The average molecular weight is 434 g/mol. The van der Waals surface area contributed by atoms with E-state index >= 15 is 0 Å². The first kappa shape index (κ1) is 23.5. The molecule has 0 unspecified atom stereocenters. The Morgan fingerprint density at radius 2 is 1.83 bits per heavy atom. The van der Waals surface area contributed by atoms with E-state index in [1.165, 1.54) is 0 Å². The Labute approximate surface area is 181 Å². The van der Waals surface area contributed by atoms with Gasteiger partial charge in [-0.25, -0.2) is 0 Å². The van der Waals surface area contributed by atoms with Crippen LogP contribution in [0.5, 0.6) is 11.5 Å². The van der Waals surface area contributed by atoms with Gasteiger partial charge in [-0.1, -0.05) is 39.0 Å². The van der Waals surface area contributed by atoms with Gasteiger partial charge in [0, 0.05) is 29.6 Å². The summed E-state index contributed by atoms with van der Waals surface area (Å²) < 4.78 is 17.4. The molecular formula is C23H32ClNO3Si. The summed E-state index contributed by atoms with van der Waals surface area (Å²) in [5.41, 5.74) is 3.57. The molecule has 1 heterocycles. The Bertz CT molecular complexity index is 875. The summed E-state index contributed by atoms with van der Waals surface area (Å²) in [5, 5.41) is 0.729. The molecule has 0 saturated carbocycles. The first-order valence-corrected chi connectivity index (χ1v) is 13.1. The van der Waals surface area contributed by atoms with Crippen LogP contribution < -0.4 is 9.47 Å². The second-order valence-electron chi connectivity index (χ2n) is 8.53. The van der Waals surface area contributed by atoms with Gasteiger partial charge < -0.3 is 13.9 Å². The summed E-state index contributed by atoms with van der Waals surface area (Å²) in [7, 11) is -0.247. The van der Waals surface area contributed by atoms with E-state index in [0.717, 1.165) is 22.3 Å². The Morgan fingerprint density at radius 1 is 1.14 bits per heavy atom. The zero-order valence-corrected chi connectivity index (χ0v) is 20.3. The molecule has 2 aromatic rings. The van der Waals surface area contributed by atoms with Gasteiger partial charge >= 0.3 is 0 Å². The monoisotopic (exact) mass is 433 g/mol. The second kappa shape index (κ2) is 9.33. The standard InChI is InChI=1S/C23H32ClNO3Si/c1-9-27-22-11-19(20(24)12-21(22)26-6)18-10-17(13-25-14-18)16(2)15-28-29(7,8)23(3,4)5/h10-14H,2,9,15H2,1,3-8H3. The van der Waals surface area contributed by atoms with Crippen molar-refractivity contribution in [3.05, 3.63) is 47.8 Å². The summed E-state index contributed by atoms with van der Waals surface area (Å²) in [5.74, 6) is 1.26. The van der Waals surface area contributed by atoms with E-state index in [1.807, 2.05) is 25.3 Å². The van der Waals surface area contributed by atoms with Crippen LogP contribution in [-0.4, -0.2) is 33.6 Å². The Hall–Kier alpha value is -1.82. The van der Waals surface area contributed by atoms with Crippen molar-refractivity contribution in [3.8, 4) is 22.6 Å². The van der Waals surface area contributed by atoms with Crippen molar-refractivity contribution in [3.63, 3.8) is 0 Å². The number of hydrogen-bond acceptors (Lipinski definition) is 4. The largest absolute Gasteiger partial charge is 0.493 e. The van der Waals surface area contributed by atoms with Crippen molar-refractivity contribution in [1.29, 1.82) is 0 Å². The maximum Gasteiger partial charge on any atom is 0.192 e. The maximum atomic E-state index is 6.51. The van der Waals surface area contributed by atoms with Gasteiger partial charge in [-0.15, -0.1) is 0 Å². The van der Waals surface area contributed by atoms with Crippen molar-refractivity contribution >= 4 is 25.5 Å². The molecule has 2 rings (SSSR count). The average Bonchev–Trinajstić information content (AvgIpc) is 2.66. The lowest BCUT2D eigenvalue weighted by atomic mass is 10.0. The summed E-state index contributed by atoms with van der Waals surface area (Å²) in [6, 6.07) is 5.69. The minimum absolute atomic E-state index is 0.152. The van der Waals surface area contributed by atoms with Crippen molar-refractivity contribution in [2.45, 2.75) is 45.8 Å². The normalized spacial score (nSPS) is 12.0. The Balaban J connectivity index is 2.30. The molecule has 0 aliphatic carbocycles. The lowest BCUT2D eigenvalue weighted by molar-refractivity contribution is 0.311. The number of ether oxygens (including phenoxy) is 2. The van der Waals surface area contributed by atoms with Gasteiger partial charge in [-0.05, 0) is 48.3 Å². The van der Waals surface area contributed by atoms with Gasteiger partial charge in [0.25, 0.3) is 0 Å². The van der Waals surface area contributed by atoms with Gasteiger partial charge in [0.1, 0.15) is 0 Å². The van der Waals surface area contributed by atoms with Gasteiger partial charge in [0.2, 0.25) is 0 Å². The zero-order chi connectivity index (χ0) is 21.8. The molecule has 0 N–H and O–H groups in total. The predicted octanol–water partition coefficient (Wildman–Crippen LogP) is 6.84. The van der Waals surface area contributed by atoms with E-state index in [2.05, 4.69) is 45.4 Å². The molecule has 1 aromatic heterocycles. The van der Waals surface area contributed by atoms with Crippen LogP contribution in [-0.2, 0) is 4.43 Å². The molecule has 4 nitrogen and oxygen atoms in total. The lowest BCUT2D eigenvalue weighted by Crippen LogP contribution is -2.41. The van der Waals surface area contributed by atoms with Crippen LogP contribution in [0.1, 0.15) is 33.3 Å². The van der Waals surface area contributed by atoms with Crippen LogP contribution in [0.25, 0.3) is 16.7 Å². The lowest BCUT2D eigenvalue weighted by Gasteiger charge is -2.36. The molecule has 29 heavy (non-hydrogen) atoms.